The number of benzene rings is 2. The number of ether oxygens (including phenoxy) is 1. The molecule has 0 aromatic heterocycles. The zero-order chi connectivity index (χ0) is 24.8. The lowest BCUT2D eigenvalue weighted by atomic mass is 9.88. The van der Waals surface area contributed by atoms with Crippen molar-refractivity contribution in [2.45, 2.75) is 62.9 Å². The third-order valence-electron chi connectivity index (χ3n) is 7.89. The first kappa shape index (κ1) is 24.0. The van der Waals surface area contributed by atoms with Crippen molar-refractivity contribution in [2.75, 3.05) is 19.7 Å². The average molecular weight is 497 g/mol. The van der Waals surface area contributed by atoms with Crippen LogP contribution in [0.3, 0.4) is 0 Å². The number of hydrogen-bond donors (Lipinski definition) is 1. The quantitative estimate of drug-likeness (QED) is 0.680. The molecule has 186 valence electrons. The first-order valence-electron chi connectivity index (χ1n) is 12.3. The molecule has 2 aliphatic heterocycles. The van der Waals surface area contributed by atoms with Crippen LogP contribution in [0.15, 0.2) is 47.4 Å². The molecule has 2 amide bonds. The molecule has 0 unspecified atom stereocenters. The summed E-state index contributed by atoms with van der Waals surface area (Å²) in [6, 6.07) is 13.3. The van der Waals surface area contributed by atoms with E-state index in [1.54, 1.807) is 12.1 Å². The predicted octanol–water partition coefficient (Wildman–Crippen LogP) is 3.76. The van der Waals surface area contributed by atoms with Crippen LogP contribution in [0.25, 0.3) is 11.1 Å². The van der Waals surface area contributed by atoms with Crippen molar-refractivity contribution in [1.29, 1.82) is 0 Å². The standard InChI is InChI=1S/C27H32N2O5S/c1-18-5-10-22(35(32,33)28-19(2)30)16-23(18)20-6-8-21(9-7-20)24-17-27(24)11-13-29(14-12-27)26(31)25-4-3-15-34-25/h5-10,16,24-25H,3-4,11-15,17H2,1-2H3,(H,28,30)/t24-,25-/m1/s1. The molecule has 0 bridgehead atoms. The molecule has 1 N–H and O–H groups in total. The van der Waals surface area contributed by atoms with E-state index in [2.05, 4.69) is 24.3 Å². The van der Waals surface area contributed by atoms with Crippen molar-refractivity contribution in [2.24, 2.45) is 5.41 Å². The van der Waals surface area contributed by atoms with Gasteiger partial charge < -0.3 is 9.64 Å². The number of carbonyl (C=O) groups excluding carboxylic acids is 2. The first-order valence-corrected chi connectivity index (χ1v) is 13.8. The van der Waals surface area contributed by atoms with E-state index in [1.165, 1.54) is 18.6 Å². The van der Waals surface area contributed by atoms with E-state index in [4.69, 9.17) is 4.74 Å². The molecule has 7 nitrogen and oxygen atoms in total. The molecule has 0 radical (unpaired) electrons. The Morgan fingerprint density at radius 2 is 1.80 bits per heavy atom. The Hall–Kier alpha value is -2.71. The normalized spacial score (nSPS) is 23.3. The van der Waals surface area contributed by atoms with Crippen LogP contribution >= 0.6 is 0 Å². The summed E-state index contributed by atoms with van der Waals surface area (Å²) >= 11 is 0. The number of hydrogen-bond acceptors (Lipinski definition) is 5. The molecule has 3 fully saturated rings. The second kappa shape index (κ2) is 9.06. The Bertz CT molecular complexity index is 1240. The molecule has 8 heteroatoms. The van der Waals surface area contributed by atoms with Crippen LogP contribution in [0.5, 0.6) is 0 Å². The maximum absolute atomic E-state index is 12.7. The number of carbonyl (C=O) groups is 2. The van der Waals surface area contributed by atoms with Gasteiger partial charge in [0.25, 0.3) is 15.9 Å². The number of piperidine rings is 1. The summed E-state index contributed by atoms with van der Waals surface area (Å²) in [6.07, 6.45) is 4.79. The maximum Gasteiger partial charge on any atom is 0.264 e. The molecule has 2 aromatic carbocycles. The zero-order valence-corrected chi connectivity index (χ0v) is 21.1. The zero-order valence-electron chi connectivity index (χ0n) is 20.2. The molecule has 1 spiro atoms. The molecule has 5 rings (SSSR count). The SMILES string of the molecule is CC(=O)NS(=O)(=O)c1ccc(C)c(-c2ccc([C@H]3CC34CCN(C(=O)[C@H]3CCCO3)CC4)cc2)c1. The minimum Gasteiger partial charge on any atom is -0.368 e. The molecule has 1 aliphatic carbocycles. The molecular weight excluding hydrogens is 464 g/mol. The summed E-state index contributed by atoms with van der Waals surface area (Å²) in [5, 5.41) is 0. The summed E-state index contributed by atoms with van der Waals surface area (Å²) in [7, 11) is -3.89. The molecule has 1 saturated carbocycles. The lowest BCUT2D eigenvalue weighted by molar-refractivity contribution is -0.142. The number of rotatable bonds is 5. The van der Waals surface area contributed by atoms with Crippen LogP contribution in [-0.4, -0.2) is 50.9 Å². The monoisotopic (exact) mass is 496 g/mol. The topological polar surface area (TPSA) is 92.8 Å². The van der Waals surface area contributed by atoms with Gasteiger partial charge in [-0.15, -0.1) is 0 Å². The molecule has 2 atom stereocenters. The fraction of sp³-hybridized carbons (Fsp3) is 0.481. The minimum absolute atomic E-state index is 0.0721. The Labute approximate surface area is 206 Å². The smallest absolute Gasteiger partial charge is 0.264 e. The lowest BCUT2D eigenvalue weighted by Crippen LogP contribution is -2.44. The van der Waals surface area contributed by atoms with Crippen LogP contribution in [0.1, 0.15) is 56.1 Å². The number of nitrogens with zero attached hydrogens (tertiary/aromatic N) is 1. The van der Waals surface area contributed by atoms with Gasteiger partial charge in [0.15, 0.2) is 0 Å². The highest BCUT2D eigenvalue weighted by Gasteiger charge is 2.55. The van der Waals surface area contributed by atoms with Crippen molar-refractivity contribution in [1.82, 2.24) is 9.62 Å². The van der Waals surface area contributed by atoms with E-state index in [0.717, 1.165) is 61.9 Å². The Morgan fingerprint density at radius 1 is 1.09 bits per heavy atom. The summed E-state index contributed by atoms with van der Waals surface area (Å²) in [4.78, 5) is 26.0. The second-order valence-electron chi connectivity index (χ2n) is 10.2. The minimum atomic E-state index is -3.89. The van der Waals surface area contributed by atoms with E-state index in [1.807, 2.05) is 16.5 Å². The third-order valence-corrected chi connectivity index (χ3v) is 9.32. The van der Waals surface area contributed by atoms with Gasteiger partial charge in [-0.1, -0.05) is 30.3 Å². The van der Waals surface area contributed by atoms with Gasteiger partial charge in [-0.05, 0) is 84.7 Å². The summed E-state index contributed by atoms with van der Waals surface area (Å²) < 4.78 is 32.5. The van der Waals surface area contributed by atoms with Crippen molar-refractivity contribution in [3.8, 4) is 11.1 Å². The van der Waals surface area contributed by atoms with Crippen LogP contribution in [0.4, 0.5) is 0 Å². The van der Waals surface area contributed by atoms with Crippen molar-refractivity contribution in [3.05, 3.63) is 53.6 Å². The van der Waals surface area contributed by atoms with Gasteiger partial charge in [-0.25, -0.2) is 13.1 Å². The van der Waals surface area contributed by atoms with Crippen LogP contribution in [0.2, 0.25) is 0 Å². The van der Waals surface area contributed by atoms with Gasteiger partial charge in [-0.2, -0.15) is 0 Å². The van der Waals surface area contributed by atoms with E-state index in [9.17, 15) is 18.0 Å². The predicted molar refractivity (Wildman–Crippen MR) is 132 cm³/mol. The second-order valence-corrected chi connectivity index (χ2v) is 11.9. The van der Waals surface area contributed by atoms with Gasteiger partial charge in [-0.3, -0.25) is 9.59 Å². The number of sulfonamides is 1. The van der Waals surface area contributed by atoms with Crippen LogP contribution in [0, 0.1) is 12.3 Å². The van der Waals surface area contributed by atoms with Gasteiger partial charge in [0.1, 0.15) is 6.10 Å². The maximum atomic E-state index is 12.7. The highest BCUT2D eigenvalue weighted by atomic mass is 32.2. The summed E-state index contributed by atoms with van der Waals surface area (Å²) in [5.41, 5.74) is 4.32. The van der Waals surface area contributed by atoms with Crippen molar-refractivity contribution < 1.29 is 22.7 Å². The van der Waals surface area contributed by atoms with Gasteiger partial charge >= 0.3 is 0 Å². The van der Waals surface area contributed by atoms with E-state index >= 15 is 0 Å². The number of amides is 2. The summed E-state index contributed by atoms with van der Waals surface area (Å²) in [5.74, 6) is 0.0537. The Kier molecular flexibility index (Phi) is 6.21. The van der Waals surface area contributed by atoms with Crippen LogP contribution in [-0.2, 0) is 24.3 Å². The fourth-order valence-corrected chi connectivity index (χ4v) is 6.76. The molecule has 35 heavy (non-hydrogen) atoms. The molecule has 2 saturated heterocycles. The summed E-state index contributed by atoms with van der Waals surface area (Å²) in [6.45, 7) is 5.44. The number of nitrogens with one attached hydrogen (secondary N) is 1. The van der Waals surface area contributed by atoms with E-state index < -0.39 is 15.9 Å². The first-order chi connectivity index (χ1) is 16.7. The Morgan fingerprint density at radius 3 is 2.43 bits per heavy atom. The molecular formula is C27H32N2O5S. The van der Waals surface area contributed by atoms with Crippen molar-refractivity contribution >= 4 is 21.8 Å². The Balaban J connectivity index is 1.26. The van der Waals surface area contributed by atoms with Crippen LogP contribution < -0.4 is 4.72 Å². The third kappa shape index (κ3) is 4.74. The van der Waals surface area contributed by atoms with E-state index in [0.29, 0.717) is 12.5 Å². The lowest BCUT2D eigenvalue weighted by Gasteiger charge is -2.34. The van der Waals surface area contributed by atoms with Gasteiger partial charge in [0, 0.05) is 26.6 Å². The van der Waals surface area contributed by atoms with Gasteiger partial charge in [0.2, 0.25) is 5.91 Å². The van der Waals surface area contributed by atoms with Crippen molar-refractivity contribution in [3.63, 3.8) is 0 Å². The van der Waals surface area contributed by atoms with Gasteiger partial charge in [0.05, 0.1) is 4.90 Å². The average Bonchev–Trinajstić information content (AvgIpc) is 3.25. The highest BCUT2D eigenvalue weighted by molar-refractivity contribution is 7.90. The van der Waals surface area contributed by atoms with E-state index in [-0.39, 0.29) is 22.3 Å². The number of aryl methyl sites for hydroxylation is 1. The number of likely N-dealkylation sites (tertiary alicyclic amines) is 1. The molecule has 3 aliphatic rings. The fourth-order valence-electron chi connectivity index (χ4n) is 5.74. The molecule has 2 heterocycles. The highest BCUT2D eigenvalue weighted by Crippen LogP contribution is 2.65. The molecule has 2 aromatic rings. The largest absolute Gasteiger partial charge is 0.368 e.